The van der Waals surface area contributed by atoms with Crippen LogP contribution in [0.4, 0.5) is 0 Å². The normalized spacial score (nSPS) is 12.2. The van der Waals surface area contributed by atoms with Gasteiger partial charge >= 0.3 is 5.97 Å². The first-order valence-corrected chi connectivity index (χ1v) is 6.60. The van der Waals surface area contributed by atoms with Gasteiger partial charge in [-0.3, -0.25) is 4.48 Å². The minimum atomic E-state index is -0.314. The maximum atomic E-state index is 11.7. The molecule has 112 valence electrons. The number of rotatable bonds is 6. The molecule has 1 atom stereocenters. The molecule has 0 amide bonds. The van der Waals surface area contributed by atoms with Crippen molar-refractivity contribution in [3.63, 3.8) is 0 Å². The predicted molar refractivity (Wildman–Crippen MR) is 77.2 cm³/mol. The largest absolute Gasteiger partial charge is 1.00 e. The lowest BCUT2D eigenvalue weighted by Gasteiger charge is -2.36. The zero-order valence-corrected chi connectivity index (χ0v) is 14.9. The maximum Gasteiger partial charge on any atom is 0.337 e. The van der Waals surface area contributed by atoms with E-state index in [0.717, 1.165) is 13.0 Å². The molecule has 4 heteroatoms. The molecule has 0 aliphatic rings. The quantitative estimate of drug-likeness (QED) is 0.227. The van der Waals surface area contributed by atoms with Crippen molar-refractivity contribution in [2.24, 2.45) is 0 Å². The van der Waals surface area contributed by atoms with E-state index < -0.39 is 0 Å². The van der Waals surface area contributed by atoms with Gasteiger partial charge in [-0.2, -0.15) is 0 Å². The molecule has 20 heavy (non-hydrogen) atoms. The van der Waals surface area contributed by atoms with E-state index in [0.29, 0.717) is 10.1 Å². The summed E-state index contributed by atoms with van der Waals surface area (Å²) in [6, 6.07) is 10.2. The van der Waals surface area contributed by atoms with Crippen molar-refractivity contribution in [3.8, 4) is 0 Å². The van der Waals surface area contributed by atoms with Crippen LogP contribution in [0.15, 0.2) is 42.5 Å². The fourth-order valence-corrected chi connectivity index (χ4v) is 2.10. The molecule has 0 aliphatic heterocycles. The average Bonchev–Trinajstić information content (AvgIpc) is 2.35. The van der Waals surface area contributed by atoms with E-state index in [9.17, 15) is 4.79 Å². The Morgan fingerprint density at radius 2 is 1.85 bits per heavy atom. The Balaban J connectivity index is 0.00000361. The minimum absolute atomic E-state index is 0. The highest BCUT2D eigenvalue weighted by Gasteiger charge is 2.30. The van der Waals surface area contributed by atoms with Gasteiger partial charge in [-0.25, -0.2) is 4.79 Å². The van der Waals surface area contributed by atoms with Crippen LogP contribution in [0.5, 0.6) is 0 Å². The first-order chi connectivity index (χ1) is 8.86. The third kappa shape index (κ3) is 5.63. The summed E-state index contributed by atoms with van der Waals surface area (Å²) in [5, 5.41) is 0. The number of esters is 1. The van der Waals surface area contributed by atoms with Crippen molar-refractivity contribution in [1.29, 1.82) is 0 Å². The van der Waals surface area contributed by atoms with Gasteiger partial charge in [0, 0.05) is 17.6 Å². The SMILES string of the molecule is C=C(C)C(=O)OC(CC)[N+](C)(C)Cc1ccccc1.[I-]. The summed E-state index contributed by atoms with van der Waals surface area (Å²) in [6.07, 6.45) is 0.614. The van der Waals surface area contributed by atoms with Crippen LogP contribution in [0.3, 0.4) is 0 Å². The number of hydrogen-bond acceptors (Lipinski definition) is 2. The Bertz CT molecular complexity index is 443. The van der Waals surface area contributed by atoms with Crippen LogP contribution in [0.25, 0.3) is 0 Å². The van der Waals surface area contributed by atoms with Crippen LogP contribution in [0.2, 0.25) is 0 Å². The monoisotopic (exact) mass is 389 g/mol. The molecular formula is C16H24INO2. The summed E-state index contributed by atoms with van der Waals surface area (Å²) in [5.41, 5.74) is 1.68. The summed E-state index contributed by atoms with van der Waals surface area (Å²) in [5.74, 6) is -0.314. The number of quaternary nitrogens is 1. The summed E-state index contributed by atoms with van der Waals surface area (Å²) < 4.78 is 6.14. The first kappa shape index (κ1) is 19.1. The molecule has 0 heterocycles. The average molecular weight is 389 g/mol. The molecule has 0 fully saturated rings. The summed E-state index contributed by atoms with van der Waals surface area (Å²) >= 11 is 0. The third-order valence-electron chi connectivity index (χ3n) is 3.15. The summed E-state index contributed by atoms with van der Waals surface area (Å²) in [6.45, 7) is 8.15. The highest BCUT2D eigenvalue weighted by molar-refractivity contribution is 5.86. The van der Waals surface area contributed by atoms with Gasteiger partial charge in [0.2, 0.25) is 6.23 Å². The van der Waals surface area contributed by atoms with E-state index in [1.54, 1.807) is 6.92 Å². The van der Waals surface area contributed by atoms with Gasteiger partial charge < -0.3 is 28.7 Å². The van der Waals surface area contributed by atoms with Crippen molar-refractivity contribution in [2.75, 3.05) is 14.1 Å². The molecule has 3 nitrogen and oxygen atoms in total. The number of halogens is 1. The standard InChI is InChI=1S/C16H24NO2.HI/c1-6-15(19-16(18)13(2)3)17(4,5)12-14-10-8-7-9-11-14;/h7-11,15H,2,6,12H2,1,3-5H3;1H/q+1;/p-1. The van der Waals surface area contributed by atoms with E-state index in [1.807, 2.05) is 25.1 Å². The number of carbonyl (C=O) groups excluding carboxylic acids is 1. The molecule has 1 rings (SSSR count). The second-order valence-corrected chi connectivity index (χ2v) is 5.47. The molecule has 0 saturated carbocycles. The Morgan fingerprint density at radius 1 is 1.30 bits per heavy atom. The van der Waals surface area contributed by atoms with Crippen molar-refractivity contribution in [1.82, 2.24) is 0 Å². The zero-order chi connectivity index (χ0) is 14.5. The van der Waals surface area contributed by atoms with Crippen molar-refractivity contribution < 1.29 is 38.0 Å². The van der Waals surface area contributed by atoms with E-state index >= 15 is 0 Å². The number of hydrogen-bond donors (Lipinski definition) is 0. The van der Waals surface area contributed by atoms with Gasteiger partial charge in [-0.15, -0.1) is 0 Å². The van der Waals surface area contributed by atoms with Gasteiger partial charge in [0.05, 0.1) is 14.1 Å². The van der Waals surface area contributed by atoms with E-state index in [1.165, 1.54) is 5.56 Å². The molecule has 0 N–H and O–H groups in total. The first-order valence-electron chi connectivity index (χ1n) is 6.60. The van der Waals surface area contributed by atoms with E-state index in [4.69, 9.17) is 4.74 Å². The van der Waals surface area contributed by atoms with Gasteiger partial charge in [-0.1, -0.05) is 43.8 Å². The number of benzene rings is 1. The van der Waals surface area contributed by atoms with Crippen LogP contribution in [0.1, 0.15) is 25.8 Å². The fourth-order valence-electron chi connectivity index (χ4n) is 2.10. The van der Waals surface area contributed by atoms with Crippen LogP contribution in [-0.2, 0) is 16.1 Å². The van der Waals surface area contributed by atoms with Gasteiger partial charge in [0.1, 0.15) is 6.54 Å². The summed E-state index contributed by atoms with van der Waals surface area (Å²) in [4.78, 5) is 11.7. The lowest BCUT2D eigenvalue weighted by atomic mass is 10.2. The second-order valence-electron chi connectivity index (χ2n) is 5.47. The molecule has 0 bridgehead atoms. The Kier molecular flexibility index (Phi) is 8.05. The number of ether oxygens (including phenoxy) is 1. The van der Waals surface area contributed by atoms with Gasteiger partial charge in [-0.05, 0) is 6.92 Å². The Morgan fingerprint density at radius 3 is 2.30 bits per heavy atom. The molecule has 0 spiro atoms. The highest BCUT2D eigenvalue weighted by Crippen LogP contribution is 2.18. The molecule has 0 radical (unpaired) electrons. The van der Waals surface area contributed by atoms with Crippen molar-refractivity contribution in [2.45, 2.75) is 33.0 Å². The lowest BCUT2D eigenvalue weighted by molar-refractivity contribution is -0.947. The van der Waals surface area contributed by atoms with E-state index in [2.05, 4.69) is 32.8 Å². The Labute approximate surface area is 139 Å². The van der Waals surface area contributed by atoms with Gasteiger partial charge in [0.15, 0.2) is 0 Å². The van der Waals surface area contributed by atoms with Crippen molar-refractivity contribution in [3.05, 3.63) is 48.0 Å². The minimum Gasteiger partial charge on any atom is -1.00 e. The zero-order valence-electron chi connectivity index (χ0n) is 12.7. The van der Waals surface area contributed by atoms with Crippen LogP contribution >= 0.6 is 0 Å². The second kappa shape index (κ2) is 8.42. The lowest BCUT2D eigenvalue weighted by Crippen LogP contribution is -3.00. The number of nitrogens with zero attached hydrogens (tertiary/aromatic N) is 1. The molecule has 1 unspecified atom stereocenters. The molecular weight excluding hydrogens is 365 g/mol. The third-order valence-corrected chi connectivity index (χ3v) is 3.15. The fraction of sp³-hybridized carbons (Fsp3) is 0.438. The predicted octanol–water partition coefficient (Wildman–Crippen LogP) is 0.122. The Hall–Kier alpha value is -0.880. The summed E-state index contributed by atoms with van der Waals surface area (Å²) in [7, 11) is 4.15. The molecule has 0 aromatic heterocycles. The molecule has 1 aromatic rings. The van der Waals surface area contributed by atoms with Crippen LogP contribution in [-0.4, -0.2) is 30.8 Å². The van der Waals surface area contributed by atoms with Crippen molar-refractivity contribution >= 4 is 5.97 Å². The smallest absolute Gasteiger partial charge is 0.337 e. The van der Waals surface area contributed by atoms with Crippen LogP contribution < -0.4 is 24.0 Å². The highest BCUT2D eigenvalue weighted by atomic mass is 127. The van der Waals surface area contributed by atoms with E-state index in [-0.39, 0.29) is 36.2 Å². The number of carbonyl (C=O) groups is 1. The van der Waals surface area contributed by atoms with Crippen LogP contribution in [0, 0.1) is 0 Å². The topological polar surface area (TPSA) is 26.3 Å². The van der Waals surface area contributed by atoms with Gasteiger partial charge in [0.25, 0.3) is 0 Å². The molecule has 1 aromatic carbocycles. The molecule has 0 saturated heterocycles. The molecule has 0 aliphatic carbocycles. The maximum absolute atomic E-state index is 11.7.